The minimum Gasteiger partial charge on any atom is -0.300 e. The Labute approximate surface area is 159 Å². The Morgan fingerprint density at radius 3 is 2.23 bits per heavy atom. The maximum absolute atomic E-state index is 12.5. The summed E-state index contributed by atoms with van der Waals surface area (Å²) in [5.74, 6) is 0.954. The van der Waals surface area contributed by atoms with Gasteiger partial charge in [-0.1, -0.05) is 40.2 Å². The number of Topliss-reactive ketones (excluding diaryl/α,β-unsaturated/α-hetero) is 1. The Morgan fingerprint density at radius 1 is 0.885 bits per heavy atom. The molecule has 26 heavy (non-hydrogen) atoms. The molecule has 0 aromatic rings. The van der Waals surface area contributed by atoms with Gasteiger partial charge in [-0.2, -0.15) is 0 Å². The first-order valence-electron chi connectivity index (χ1n) is 10.7. The van der Waals surface area contributed by atoms with E-state index in [0.717, 1.165) is 32.1 Å². The summed E-state index contributed by atoms with van der Waals surface area (Å²) in [5.41, 5.74) is 2.28. The first-order chi connectivity index (χ1) is 12.0. The predicted molar refractivity (Wildman–Crippen MR) is 105 cm³/mol. The second-order valence-electron chi connectivity index (χ2n) is 11.1. The van der Waals surface area contributed by atoms with Crippen molar-refractivity contribution in [2.75, 3.05) is 0 Å². The van der Waals surface area contributed by atoms with Crippen LogP contribution >= 0.6 is 0 Å². The zero-order chi connectivity index (χ0) is 19.2. The van der Waals surface area contributed by atoms with E-state index in [9.17, 15) is 9.59 Å². The SMILES string of the molecule is CC(=O)[C@H]1CC[C@@]2(C)[C@]3(C)CCC4=CC(=O)CC[C@]4(C)[C@@]3(C)CC[C@]12C. The highest BCUT2D eigenvalue weighted by atomic mass is 16.1. The van der Waals surface area contributed by atoms with Crippen molar-refractivity contribution in [1.82, 2.24) is 0 Å². The molecule has 0 radical (unpaired) electrons. The standard InChI is InChI=1S/C24H36O2/c1-16(25)19-9-12-22(4)21(19,3)13-14-23(5)20(2)10-8-18(26)15-17(20)7-11-24(22,23)6/h15,19H,7-14H2,1-6H3/t19-,20+,21-,22-,23-,24+/m1/s1. The number of ketones is 2. The lowest BCUT2D eigenvalue weighted by atomic mass is 9.31. The van der Waals surface area contributed by atoms with Crippen LogP contribution < -0.4 is 0 Å². The van der Waals surface area contributed by atoms with Crippen molar-refractivity contribution in [2.24, 2.45) is 33.0 Å². The van der Waals surface area contributed by atoms with Crippen LogP contribution in [0.4, 0.5) is 0 Å². The average molecular weight is 357 g/mol. The van der Waals surface area contributed by atoms with E-state index >= 15 is 0 Å². The fourth-order valence-electron chi connectivity index (χ4n) is 8.58. The number of allylic oxidation sites excluding steroid dienone is 1. The molecule has 0 aromatic heterocycles. The van der Waals surface area contributed by atoms with Crippen molar-refractivity contribution in [3.05, 3.63) is 11.6 Å². The first kappa shape index (κ1) is 18.4. The third-order valence-corrected chi connectivity index (χ3v) is 11.1. The topological polar surface area (TPSA) is 34.1 Å². The fourth-order valence-corrected chi connectivity index (χ4v) is 8.58. The molecule has 3 fully saturated rings. The molecular weight excluding hydrogens is 320 g/mol. The summed E-state index contributed by atoms with van der Waals surface area (Å²) < 4.78 is 0. The second kappa shape index (κ2) is 5.11. The lowest BCUT2D eigenvalue weighted by molar-refractivity contribution is -0.226. The molecule has 0 saturated heterocycles. The minimum atomic E-state index is 0.120. The van der Waals surface area contributed by atoms with Crippen LogP contribution in [0.2, 0.25) is 0 Å². The molecule has 144 valence electrons. The Balaban J connectivity index is 1.87. The molecule has 2 nitrogen and oxygen atoms in total. The molecule has 6 atom stereocenters. The number of hydrogen-bond acceptors (Lipinski definition) is 2. The van der Waals surface area contributed by atoms with Gasteiger partial charge in [0.2, 0.25) is 0 Å². The van der Waals surface area contributed by atoms with Gasteiger partial charge < -0.3 is 0 Å². The van der Waals surface area contributed by atoms with E-state index in [1.165, 1.54) is 18.4 Å². The zero-order valence-corrected chi connectivity index (χ0v) is 17.6. The maximum atomic E-state index is 12.5. The van der Waals surface area contributed by atoms with Crippen molar-refractivity contribution in [3.8, 4) is 0 Å². The van der Waals surface area contributed by atoms with Gasteiger partial charge in [0.25, 0.3) is 0 Å². The van der Waals surface area contributed by atoms with Crippen LogP contribution in [-0.4, -0.2) is 11.6 Å². The van der Waals surface area contributed by atoms with Crippen LogP contribution in [0.5, 0.6) is 0 Å². The minimum absolute atomic E-state index is 0.120. The van der Waals surface area contributed by atoms with Crippen LogP contribution in [-0.2, 0) is 9.59 Å². The van der Waals surface area contributed by atoms with Gasteiger partial charge in [0, 0.05) is 12.3 Å². The number of hydrogen-bond donors (Lipinski definition) is 0. The molecule has 0 aliphatic heterocycles. The lowest BCUT2D eigenvalue weighted by Crippen LogP contribution is -2.66. The van der Waals surface area contributed by atoms with Gasteiger partial charge in [-0.25, -0.2) is 0 Å². The molecule has 2 heteroatoms. The van der Waals surface area contributed by atoms with Crippen molar-refractivity contribution in [2.45, 2.75) is 92.9 Å². The van der Waals surface area contributed by atoms with Crippen molar-refractivity contribution < 1.29 is 9.59 Å². The summed E-state index contributed by atoms with van der Waals surface area (Å²) >= 11 is 0. The Bertz CT molecular complexity index is 720. The molecule has 0 amide bonds. The van der Waals surface area contributed by atoms with Gasteiger partial charge in [0.1, 0.15) is 5.78 Å². The highest BCUT2D eigenvalue weighted by Crippen LogP contribution is 2.81. The maximum Gasteiger partial charge on any atom is 0.155 e. The Hall–Kier alpha value is -0.920. The van der Waals surface area contributed by atoms with Crippen molar-refractivity contribution in [1.29, 1.82) is 0 Å². The summed E-state index contributed by atoms with van der Waals surface area (Å²) in [6.07, 6.45) is 10.5. The third kappa shape index (κ3) is 1.75. The molecule has 0 heterocycles. The Kier molecular flexibility index (Phi) is 3.63. The number of fused-ring (bicyclic) bond motifs is 5. The number of carbonyl (C=O) groups is 2. The molecule has 0 bridgehead atoms. The van der Waals surface area contributed by atoms with E-state index < -0.39 is 0 Å². The highest BCUT2D eigenvalue weighted by Gasteiger charge is 2.74. The normalized spacial score (nSPS) is 53.4. The zero-order valence-electron chi connectivity index (χ0n) is 17.6. The van der Waals surface area contributed by atoms with Crippen LogP contribution in [0.25, 0.3) is 0 Å². The molecule has 4 aliphatic carbocycles. The van der Waals surface area contributed by atoms with Gasteiger partial charge in [0.05, 0.1) is 0 Å². The van der Waals surface area contributed by atoms with Crippen LogP contribution in [0.1, 0.15) is 92.9 Å². The van der Waals surface area contributed by atoms with Crippen LogP contribution in [0.3, 0.4) is 0 Å². The molecule has 4 aliphatic rings. The van der Waals surface area contributed by atoms with E-state index in [2.05, 4.69) is 34.6 Å². The van der Waals surface area contributed by atoms with Crippen LogP contribution in [0, 0.1) is 33.0 Å². The van der Waals surface area contributed by atoms with Gasteiger partial charge in [0.15, 0.2) is 5.78 Å². The third-order valence-electron chi connectivity index (χ3n) is 11.1. The molecule has 0 unspecified atom stereocenters. The fraction of sp³-hybridized carbons (Fsp3) is 0.833. The summed E-state index contributed by atoms with van der Waals surface area (Å²) in [6.45, 7) is 14.3. The van der Waals surface area contributed by atoms with Gasteiger partial charge in [-0.3, -0.25) is 9.59 Å². The highest BCUT2D eigenvalue weighted by molar-refractivity contribution is 5.91. The molecule has 0 spiro atoms. The molecular formula is C24H36O2. The summed E-state index contributed by atoms with van der Waals surface area (Å²) in [6, 6.07) is 0. The van der Waals surface area contributed by atoms with Crippen molar-refractivity contribution >= 4 is 11.6 Å². The van der Waals surface area contributed by atoms with Gasteiger partial charge >= 0.3 is 0 Å². The molecule has 0 aromatic carbocycles. The number of rotatable bonds is 1. The second-order valence-corrected chi connectivity index (χ2v) is 11.1. The molecule has 4 rings (SSSR count). The Morgan fingerprint density at radius 2 is 1.58 bits per heavy atom. The van der Waals surface area contributed by atoms with E-state index in [-0.39, 0.29) is 33.0 Å². The van der Waals surface area contributed by atoms with Crippen LogP contribution in [0.15, 0.2) is 11.6 Å². The molecule has 0 N–H and O–H groups in total. The smallest absolute Gasteiger partial charge is 0.155 e. The monoisotopic (exact) mass is 356 g/mol. The largest absolute Gasteiger partial charge is 0.300 e. The predicted octanol–water partition coefficient (Wildman–Crippen LogP) is 5.89. The number of carbonyl (C=O) groups excluding carboxylic acids is 2. The summed E-state index contributed by atoms with van der Waals surface area (Å²) in [5, 5.41) is 0. The van der Waals surface area contributed by atoms with Gasteiger partial charge in [-0.15, -0.1) is 0 Å². The summed E-state index contributed by atoms with van der Waals surface area (Å²) in [7, 11) is 0. The van der Waals surface area contributed by atoms with E-state index in [0.29, 0.717) is 18.0 Å². The molecule has 3 saturated carbocycles. The van der Waals surface area contributed by atoms with Gasteiger partial charge in [-0.05, 0) is 85.0 Å². The quantitative estimate of drug-likeness (QED) is 0.586. The van der Waals surface area contributed by atoms with E-state index in [1.54, 1.807) is 0 Å². The van der Waals surface area contributed by atoms with Crippen molar-refractivity contribution in [3.63, 3.8) is 0 Å². The lowest BCUT2D eigenvalue weighted by Gasteiger charge is -2.73. The van der Waals surface area contributed by atoms with E-state index in [1.807, 2.05) is 13.0 Å². The van der Waals surface area contributed by atoms with E-state index in [4.69, 9.17) is 0 Å². The summed E-state index contributed by atoms with van der Waals surface area (Å²) in [4.78, 5) is 24.6. The first-order valence-corrected chi connectivity index (χ1v) is 10.7. The average Bonchev–Trinajstić information content (AvgIpc) is 2.85.